The number of hydrogen-bond acceptors (Lipinski definition) is 2. The van der Waals surface area contributed by atoms with Crippen LogP contribution >= 0.6 is 11.6 Å². The van der Waals surface area contributed by atoms with Gasteiger partial charge in [-0.2, -0.15) is 0 Å². The molecule has 0 amide bonds. The van der Waals surface area contributed by atoms with E-state index in [4.69, 9.17) is 22.1 Å². The molecule has 0 saturated heterocycles. The second kappa shape index (κ2) is 5.56. The SMILES string of the molecule is COc1ccc(Cl)cc1CC1=CC(N)CC(C)(C)C1. The van der Waals surface area contributed by atoms with Gasteiger partial charge in [-0.25, -0.2) is 0 Å². The monoisotopic (exact) mass is 279 g/mol. The molecule has 1 aliphatic carbocycles. The highest BCUT2D eigenvalue weighted by atomic mass is 35.5. The average Bonchev–Trinajstić information content (AvgIpc) is 2.26. The Morgan fingerprint density at radius 2 is 2.16 bits per heavy atom. The average molecular weight is 280 g/mol. The van der Waals surface area contributed by atoms with E-state index >= 15 is 0 Å². The summed E-state index contributed by atoms with van der Waals surface area (Å²) in [7, 11) is 1.69. The van der Waals surface area contributed by atoms with Gasteiger partial charge < -0.3 is 10.5 Å². The van der Waals surface area contributed by atoms with Crippen molar-refractivity contribution in [2.24, 2.45) is 11.1 Å². The molecule has 0 fully saturated rings. The molecule has 104 valence electrons. The van der Waals surface area contributed by atoms with Gasteiger partial charge in [0.25, 0.3) is 0 Å². The fourth-order valence-corrected chi connectivity index (χ4v) is 3.19. The summed E-state index contributed by atoms with van der Waals surface area (Å²) >= 11 is 6.08. The van der Waals surface area contributed by atoms with Crippen molar-refractivity contribution in [3.05, 3.63) is 40.4 Å². The molecule has 2 N–H and O–H groups in total. The van der Waals surface area contributed by atoms with E-state index in [-0.39, 0.29) is 11.5 Å². The summed E-state index contributed by atoms with van der Waals surface area (Å²) in [5.74, 6) is 0.891. The van der Waals surface area contributed by atoms with E-state index in [9.17, 15) is 0 Å². The molecule has 3 heteroatoms. The van der Waals surface area contributed by atoms with E-state index in [2.05, 4.69) is 19.9 Å². The zero-order chi connectivity index (χ0) is 14.0. The number of rotatable bonds is 3. The lowest BCUT2D eigenvalue weighted by Crippen LogP contribution is -2.31. The largest absolute Gasteiger partial charge is 0.496 e. The summed E-state index contributed by atoms with van der Waals surface area (Å²) in [4.78, 5) is 0. The molecule has 1 unspecified atom stereocenters. The molecule has 0 aromatic heterocycles. The van der Waals surface area contributed by atoms with Gasteiger partial charge in [0, 0.05) is 11.1 Å². The van der Waals surface area contributed by atoms with Gasteiger partial charge in [0.1, 0.15) is 5.75 Å². The summed E-state index contributed by atoms with van der Waals surface area (Å²) in [6, 6.07) is 5.92. The second-order valence-electron chi connectivity index (χ2n) is 6.17. The van der Waals surface area contributed by atoms with Gasteiger partial charge in [-0.3, -0.25) is 0 Å². The molecule has 0 aliphatic heterocycles. The molecule has 2 nitrogen and oxygen atoms in total. The third kappa shape index (κ3) is 3.74. The van der Waals surface area contributed by atoms with Crippen LogP contribution in [0.25, 0.3) is 0 Å². The molecule has 1 aromatic rings. The number of nitrogens with two attached hydrogens (primary N) is 1. The zero-order valence-corrected chi connectivity index (χ0v) is 12.6. The Labute approximate surface area is 120 Å². The van der Waals surface area contributed by atoms with Gasteiger partial charge in [0.05, 0.1) is 7.11 Å². The topological polar surface area (TPSA) is 35.2 Å². The van der Waals surface area contributed by atoms with Crippen LogP contribution in [0, 0.1) is 5.41 Å². The highest BCUT2D eigenvalue weighted by molar-refractivity contribution is 6.30. The predicted octanol–water partition coefficient (Wildman–Crippen LogP) is 3.96. The maximum Gasteiger partial charge on any atom is 0.122 e. The number of methoxy groups -OCH3 is 1. The normalized spacial score (nSPS) is 21.9. The second-order valence-corrected chi connectivity index (χ2v) is 6.60. The van der Waals surface area contributed by atoms with Crippen molar-refractivity contribution in [3.63, 3.8) is 0 Å². The van der Waals surface area contributed by atoms with Crippen LogP contribution in [0.2, 0.25) is 5.02 Å². The number of benzene rings is 1. The van der Waals surface area contributed by atoms with Crippen molar-refractivity contribution >= 4 is 11.6 Å². The van der Waals surface area contributed by atoms with Crippen molar-refractivity contribution in [2.45, 2.75) is 39.2 Å². The molecule has 0 radical (unpaired) electrons. The molecule has 0 heterocycles. The maximum absolute atomic E-state index is 6.12. The van der Waals surface area contributed by atoms with Crippen molar-refractivity contribution in [1.82, 2.24) is 0 Å². The van der Waals surface area contributed by atoms with Gasteiger partial charge in [-0.05, 0) is 48.4 Å². The van der Waals surface area contributed by atoms with Crippen LogP contribution in [0.1, 0.15) is 32.3 Å². The Morgan fingerprint density at radius 1 is 1.42 bits per heavy atom. The van der Waals surface area contributed by atoms with Gasteiger partial charge in [0.2, 0.25) is 0 Å². The molecule has 1 aromatic carbocycles. The van der Waals surface area contributed by atoms with Crippen LogP contribution in [0.3, 0.4) is 0 Å². The first kappa shape index (κ1) is 14.4. The Kier molecular flexibility index (Phi) is 4.22. The first-order chi connectivity index (χ1) is 8.89. The molecular weight excluding hydrogens is 258 g/mol. The first-order valence-corrected chi connectivity index (χ1v) is 7.05. The minimum Gasteiger partial charge on any atom is -0.496 e. The van der Waals surface area contributed by atoms with Gasteiger partial charge in [-0.1, -0.05) is 37.1 Å². The highest BCUT2D eigenvalue weighted by Gasteiger charge is 2.27. The summed E-state index contributed by atoms with van der Waals surface area (Å²) in [6.07, 6.45) is 5.19. The number of allylic oxidation sites excluding steroid dienone is 1. The van der Waals surface area contributed by atoms with Crippen LogP contribution in [-0.2, 0) is 6.42 Å². The predicted molar refractivity (Wildman–Crippen MR) is 80.8 cm³/mol. The Hall–Kier alpha value is -0.990. The molecule has 0 saturated carbocycles. The number of hydrogen-bond donors (Lipinski definition) is 1. The molecule has 2 rings (SSSR count). The van der Waals surface area contributed by atoms with Crippen molar-refractivity contribution in [3.8, 4) is 5.75 Å². The molecule has 19 heavy (non-hydrogen) atoms. The molecule has 1 atom stereocenters. The van der Waals surface area contributed by atoms with E-state index < -0.39 is 0 Å². The summed E-state index contributed by atoms with van der Waals surface area (Å²) in [6.45, 7) is 4.55. The Morgan fingerprint density at radius 3 is 2.79 bits per heavy atom. The first-order valence-electron chi connectivity index (χ1n) is 6.67. The van der Waals surface area contributed by atoms with Crippen LogP contribution in [-0.4, -0.2) is 13.2 Å². The van der Waals surface area contributed by atoms with Crippen molar-refractivity contribution in [2.75, 3.05) is 7.11 Å². The third-order valence-electron chi connectivity index (χ3n) is 3.60. The smallest absolute Gasteiger partial charge is 0.122 e. The molecule has 0 bridgehead atoms. The van der Waals surface area contributed by atoms with Crippen molar-refractivity contribution in [1.29, 1.82) is 0 Å². The van der Waals surface area contributed by atoms with Crippen LogP contribution < -0.4 is 10.5 Å². The van der Waals surface area contributed by atoms with Crippen LogP contribution in [0.15, 0.2) is 29.8 Å². The van der Waals surface area contributed by atoms with Crippen LogP contribution in [0.5, 0.6) is 5.75 Å². The molecular formula is C16H22ClNO. The van der Waals surface area contributed by atoms with Crippen molar-refractivity contribution < 1.29 is 4.74 Å². The highest BCUT2D eigenvalue weighted by Crippen LogP contribution is 2.37. The zero-order valence-electron chi connectivity index (χ0n) is 11.9. The van der Waals surface area contributed by atoms with Crippen LogP contribution in [0.4, 0.5) is 0 Å². The fourth-order valence-electron chi connectivity index (χ4n) is 3.00. The third-order valence-corrected chi connectivity index (χ3v) is 3.84. The lowest BCUT2D eigenvalue weighted by atomic mass is 9.74. The molecule has 0 spiro atoms. The van der Waals surface area contributed by atoms with E-state index in [1.165, 1.54) is 5.57 Å². The summed E-state index contributed by atoms with van der Waals surface area (Å²) in [5, 5.41) is 0.746. The van der Waals surface area contributed by atoms with Gasteiger partial charge in [-0.15, -0.1) is 0 Å². The Bertz CT molecular complexity index is 494. The van der Waals surface area contributed by atoms with Gasteiger partial charge in [0.15, 0.2) is 0 Å². The molecule has 1 aliphatic rings. The standard InChI is InChI=1S/C16H22ClNO/c1-16(2)9-11(7-14(18)10-16)6-12-8-13(17)4-5-15(12)19-3/h4-5,7-8,14H,6,9-10,18H2,1-3H3. The minimum atomic E-state index is 0.156. The lowest BCUT2D eigenvalue weighted by Gasteiger charge is -2.33. The Balaban J connectivity index is 2.23. The van der Waals surface area contributed by atoms with E-state index in [1.54, 1.807) is 7.11 Å². The van der Waals surface area contributed by atoms with E-state index in [0.717, 1.165) is 35.6 Å². The van der Waals surface area contributed by atoms with Gasteiger partial charge >= 0.3 is 0 Å². The quantitative estimate of drug-likeness (QED) is 0.850. The number of ether oxygens (including phenoxy) is 1. The van der Waals surface area contributed by atoms with E-state index in [1.807, 2.05) is 18.2 Å². The van der Waals surface area contributed by atoms with E-state index in [0.29, 0.717) is 0 Å². The fraction of sp³-hybridized carbons (Fsp3) is 0.500. The maximum atomic E-state index is 6.12. The number of halogens is 1. The summed E-state index contributed by atoms with van der Waals surface area (Å²) < 4.78 is 5.40. The summed E-state index contributed by atoms with van der Waals surface area (Å²) in [5.41, 5.74) is 8.90. The minimum absolute atomic E-state index is 0.156. The lowest BCUT2D eigenvalue weighted by molar-refractivity contribution is 0.299.